The Kier molecular flexibility index (Phi) is 3.29. The summed E-state index contributed by atoms with van der Waals surface area (Å²) in [5, 5.41) is 5.95. The number of hydrogen-bond donors (Lipinski definition) is 1. The summed E-state index contributed by atoms with van der Waals surface area (Å²) in [7, 11) is 0. The van der Waals surface area contributed by atoms with Crippen LogP contribution in [-0.4, -0.2) is 16.0 Å². The van der Waals surface area contributed by atoms with Gasteiger partial charge in [-0.05, 0) is 4.83 Å². The Labute approximate surface area is 76.7 Å². The molecule has 0 saturated heterocycles. The lowest BCUT2D eigenvalue weighted by Gasteiger charge is -1.92. The molecule has 0 aliphatic rings. The normalized spacial score (nSPS) is 8.42. The highest BCUT2D eigenvalue weighted by Crippen LogP contribution is 1.85. The summed E-state index contributed by atoms with van der Waals surface area (Å²) >= 11 is 2.80. The molecule has 0 aliphatic heterocycles. The van der Waals surface area contributed by atoms with Gasteiger partial charge in [0.1, 0.15) is 0 Å². The minimum absolute atomic E-state index is 0.219. The van der Waals surface area contributed by atoms with Crippen molar-refractivity contribution in [3.8, 4) is 10.8 Å². The molecule has 0 aromatic carbocycles. The zero-order chi connectivity index (χ0) is 8.81. The molecular weight excluding hydrogens is 226 g/mol. The summed E-state index contributed by atoms with van der Waals surface area (Å²) < 4.78 is 4.45. The first-order valence-corrected chi connectivity index (χ1v) is 3.77. The van der Waals surface area contributed by atoms with Crippen molar-refractivity contribution in [3.63, 3.8) is 0 Å². The SMILES string of the molecule is O=C(C#CBr)NCc1ncon1. The van der Waals surface area contributed by atoms with Crippen LogP contribution in [0.5, 0.6) is 0 Å². The van der Waals surface area contributed by atoms with E-state index >= 15 is 0 Å². The third-order valence-corrected chi connectivity index (χ3v) is 1.17. The predicted octanol–water partition coefficient (Wildman–Crippen LogP) is 0.0416. The molecule has 0 bridgehead atoms. The van der Waals surface area contributed by atoms with Gasteiger partial charge >= 0.3 is 0 Å². The number of rotatable bonds is 2. The molecule has 0 unspecified atom stereocenters. The Hall–Kier alpha value is -1.35. The van der Waals surface area contributed by atoms with E-state index in [0.717, 1.165) is 0 Å². The van der Waals surface area contributed by atoms with Gasteiger partial charge in [0.2, 0.25) is 6.39 Å². The maximum absolute atomic E-state index is 10.7. The van der Waals surface area contributed by atoms with Crippen LogP contribution in [0.25, 0.3) is 0 Å². The number of aromatic nitrogens is 2. The molecule has 1 aromatic rings. The van der Waals surface area contributed by atoms with Gasteiger partial charge in [-0.1, -0.05) is 5.16 Å². The molecule has 0 spiro atoms. The van der Waals surface area contributed by atoms with Crippen molar-refractivity contribution in [1.29, 1.82) is 0 Å². The predicted molar refractivity (Wildman–Crippen MR) is 42.8 cm³/mol. The molecule has 0 radical (unpaired) electrons. The molecule has 6 heteroatoms. The van der Waals surface area contributed by atoms with Crippen molar-refractivity contribution in [2.45, 2.75) is 6.54 Å². The summed E-state index contributed by atoms with van der Waals surface area (Å²) in [4.78, 5) is 16.7. The highest BCUT2D eigenvalue weighted by molar-refractivity contribution is 9.12. The van der Waals surface area contributed by atoms with E-state index in [9.17, 15) is 4.79 Å². The molecule has 1 amide bonds. The lowest BCUT2D eigenvalue weighted by atomic mass is 10.5. The Morgan fingerprint density at radius 1 is 1.83 bits per heavy atom. The number of nitrogens with zero attached hydrogens (tertiary/aromatic N) is 2. The standard InChI is InChI=1S/C6H4BrN3O2/c7-2-1-6(11)8-3-5-9-4-12-10-5/h4H,3H2,(H,8,11). The van der Waals surface area contributed by atoms with E-state index in [1.54, 1.807) is 0 Å². The monoisotopic (exact) mass is 229 g/mol. The van der Waals surface area contributed by atoms with E-state index < -0.39 is 5.91 Å². The fourth-order valence-corrected chi connectivity index (χ4v) is 0.697. The summed E-state index contributed by atoms with van der Waals surface area (Å²) in [5.41, 5.74) is 0. The van der Waals surface area contributed by atoms with Crippen molar-refractivity contribution in [1.82, 2.24) is 15.5 Å². The third-order valence-electron chi connectivity index (χ3n) is 0.975. The summed E-state index contributed by atoms with van der Waals surface area (Å²) in [6, 6.07) is 0. The first kappa shape index (κ1) is 8.74. The number of carbonyl (C=O) groups is 1. The summed E-state index contributed by atoms with van der Waals surface area (Å²) in [6.45, 7) is 0.219. The van der Waals surface area contributed by atoms with Crippen LogP contribution in [0.15, 0.2) is 10.9 Å². The summed E-state index contributed by atoms with van der Waals surface area (Å²) in [5.74, 6) is 2.26. The van der Waals surface area contributed by atoms with E-state index in [4.69, 9.17) is 0 Å². The van der Waals surface area contributed by atoms with Gasteiger partial charge in [0.25, 0.3) is 5.91 Å². The van der Waals surface area contributed by atoms with Gasteiger partial charge in [-0.2, -0.15) is 4.98 Å². The van der Waals surface area contributed by atoms with E-state index in [-0.39, 0.29) is 6.54 Å². The van der Waals surface area contributed by atoms with Crippen LogP contribution in [-0.2, 0) is 11.3 Å². The van der Waals surface area contributed by atoms with Crippen LogP contribution in [0.2, 0.25) is 0 Å². The Morgan fingerprint density at radius 2 is 2.67 bits per heavy atom. The first-order valence-electron chi connectivity index (χ1n) is 2.97. The lowest BCUT2D eigenvalue weighted by molar-refractivity contribution is -0.115. The molecule has 12 heavy (non-hydrogen) atoms. The van der Waals surface area contributed by atoms with E-state index in [1.807, 2.05) is 0 Å². The van der Waals surface area contributed by atoms with Crippen LogP contribution >= 0.6 is 15.9 Å². The van der Waals surface area contributed by atoms with Gasteiger partial charge in [-0.3, -0.25) is 4.79 Å². The van der Waals surface area contributed by atoms with E-state index in [0.29, 0.717) is 5.82 Å². The van der Waals surface area contributed by atoms with Gasteiger partial charge in [0, 0.05) is 21.9 Å². The molecule has 0 saturated carbocycles. The van der Waals surface area contributed by atoms with Crippen LogP contribution in [0.4, 0.5) is 0 Å². The Bertz CT molecular complexity index is 311. The van der Waals surface area contributed by atoms with Gasteiger partial charge in [0.05, 0.1) is 6.54 Å². The molecule has 0 aliphatic carbocycles. The fraction of sp³-hybridized carbons (Fsp3) is 0.167. The largest absolute Gasteiger partial charge is 0.343 e. The Morgan fingerprint density at radius 3 is 3.25 bits per heavy atom. The van der Waals surface area contributed by atoms with Gasteiger partial charge in [0.15, 0.2) is 5.82 Å². The second-order valence-electron chi connectivity index (χ2n) is 1.75. The maximum Gasteiger partial charge on any atom is 0.297 e. The summed E-state index contributed by atoms with van der Waals surface area (Å²) in [6.07, 6.45) is 1.19. The molecule has 1 aromatic heterocycles. The van der Waals surface area contributed by atoms with Crippen LogP contribution in [0.3, 0.4) is 0 Å². The maximum atomic E-state index is 10.7. The number of halogens is 1. The van der Waals surface area contributed by atoms with E-state index in [2.05, 4.69) is 46.7 Å². The van der Waals surface area contributed by atoms with Crippen molar-refractivity contribution in [3.05, 3.63) is 12.2 Å². The van der Waals surface area contributed by atoms with Crippen molar-refractivity contribution in [2.75, 3.05) is 0 Å². The average Bonchev–Trinajstić information content (AvgIpc) is 2.53. The number of hydrogen-bond acceptors (Lipinski definition) is 4. The highest BCUT2D eigenvalue weighted by atomic mass is 79.9. The average molecular weight is 230 g/mol. The third kappa shape index (κ3) is 2.72. The zero-order valence-electron chi connectivity index (χ0n) is 5.87. The van der Waals surface area contributed by atoms with Gasteiger partial charge in [-0.15, -0.1) is 0 Å². The minimum Gasteiger partial charge on any atom is -0.343 e. The molecule has 0 atom stereocenters. The molecule has 1 heterocycles. The smallest absolute Gasteiger partial charge is 0.297 e. The Balaban J connectivity index is 2.35. The molecule has 0 fully saturated rings. The van der Waals surface area contributed by atoms with Gasteiger partial charge in [-0.25, -0.2) is 0 Å². The number of amides is 1. The minimum atomic E-state index is -0.392. The zero-order valence-corrected chi connectivity index (χ0v) is 7.46. The molecular formula is C6H4BrN3O2. The van der Waals surface area contributed by atoms with Crippen LogP contribution < -0.4 is 5.32 Å². The van der Waals surface area contributed by atoms with E-state index in [1.165, 1.54) is 6.39 Å². The molecule has 62 valence electrons. The quantitative estimate of drug-likeness (QED) is 0.728. The topological polar surface area (TPSA) is 68.0 Å². The molecule has 1 N–H and O–H groups in total. The number of nitrogens with one attached hydrogen (secondary N) is 1. The highest BCUT2D eigenvalue weighted by Gasteiger charge is 1.99. The van der Waals surface area contributed by atoms with Crippen LogP contribution in [0.1, 0.15) is 5.82 Å². The first-order chi connectivity index (χ1) is 5.83. The molecule has 1 rings (SSSR count). The fourth-order valence-electron chi connectivity index (χ4n) is 0.517. The molecule has 5 nitrogen and oxygen atoms in total. The lowest BCUT2D eigenvalue weighted by Crippen LogP contribution is -2.21. The van der Waals surface area contributed by atoms with Crippen molar-refractivity contribution in [2.24, 2.45) is 0 Å². The second-order valence-corrected chi connectivity index (χ2v) is 2.15. The second kappa shape index (κ2) is 4.51. The van der Waals surface area contributed by atoms with Crippen LogP contribution in [0, 0.1) is 10.8 Å². The number of carbonyl (C=O) groups excluding carboxylic acids is 1. The van der Waals surface area contributed by atoms with Crippen molar-refractivity contribution < 1.29 is 9.32 Å². The van der Waals surface area contributed by atoms with Crippen molar-refractivity contribution >= 4 is 21.8 Å². The van der Waals surface area contributed by atoms with Gasteiger partial charge < -0.3 is 9.84 Å².